The van der Waals surface area contributed by atoms with E-state index in [0.29, 0.717) is 12.1 Å². The van der Waals surface area contributed by atoms with Gasteiger partial charge in [-0.3, -0.25) is 0 Å². The van der Waals surface area contributed by atoms with E-state index in [0.717, 1.165) is 13.0 Å². The smallest absolute Gasteiger partial charge is 0.333 e. The van der Waals surface area contributed by atoms with Crippen molar-refractivity contribution in [2.45, 2.75) is 19.4 Å². The number of aliphatic hydroxyl groups excluding tert-OH is 1. The van der Waals surface area contributed by atoms with Crippen molar-refractivity contribution in [1.29, 1.82) is 0 Å². The lowest BCUT2D eigenvalue weighted by molar-refractivity contribution is -0.141. The molecule has 0 bridgehead atoms. The molecule has 0 aliphatic heterocycles. The number of aliphatic hydroxyl groups is 1. The Balaban J connectivity index is 3.48. The first-order valence-electron chi connectivity index (χ1n) is 4.58. The summed E-state index contributed by atoms with van der Waals surface area (Å²) in [6.07, 6.45) is 0.0861. The van der Waals surface area contributed by atoms with Crippen LogP contribution in [-0.2, 0) is 9.53 Å². The van der Waals surface area contributed by atoms with Gasteiger partial charge in [-0.15, -0.1) is 0 Å². The normalized spacial score (nSPS) is 12.2. The molecule has 1 radical (unpaired) electrons. The molecule has 0 aromatic carbocycles. The number of ether oxygens (including phenoxy) is 1. The molecule has 14 heavy (non-hydrogen) atoms. The molecule has 4 heteroatoms. The quantitative estimate of drug-likeness (QED) is 0.352. The molecule has 0 aliphatic rings. The maximum Gasteiger partial charge on any atom is 0.333 e. The van der Waals surface area contributed by atoms with Gasteiger partial charge < -0.3 is 15.2 Å². The van der Waals surface area contributed by atoms with Gasteiger partial charge in [-0.05, 0) is 19.9 Å². The monoisotopic (exact) mass is 200 g/mol. The van der Waals surface area contributed by atoms with Crippen LogP contribution in [0.3, 0.4) is 0 Å². The van der Waals surface area contributed by atoms with E-state index in [-0.39, 0.29) is 6.61 Å². The van der Waals surface area contributed by atoms with Gasteiger partial charge in [-0.25, -0.2) is 4.79 Å². The van der Waals surface area contributed by atoms with E-state index < -0.39 is 12.1 Å². The SMILES string of the molecule is [CH2]CCNCC(O)COC(=O)C(=C)C. The predicted octanol–water partition coefficient (Wildman–Crippen LogP) is 0.280. The molecule has 81 valence electrons. The lowest BCUT2D eigenvalue weighted by Gasteiger charge is -2.11. The summed E-state index contributed by atoms with van der Waals surface area (Å²) in [6, 6.07) is 0. The molecule has 0 spiro atoms. The van der Waals surface area contributed by atoms with Crippen LogP contribution in [0.15, 0.2) is 12.2 Å². The van der Waals surface area contributed by atoms with Gasteiger partial charge in [0.25, 0.3) is 0 Å². The van der Waals surface area contributed by atoms with E-state index in [2.05, 4.69) is 18.8 Å². The maximum absolute atomic E-state index is 10.9. The molecule has 2 N–H and O–H groups in total. The van der Waals surface area contributed by atoms with Crippen molar-refractivity contribution < 1.29 is 14.6 Å². The molecule has 4 nitrogen and oxygen atoms in total. The molecule has 0 aromatic heterocycles. The van der Waals surface area contributed by atoms with Crippen molar-refractivity contribution in [2.24, 2.45) is 0 Å². The molecule has 0 aromatic rings. The Morgan fingerprint density at radius 1 is 1.64 bits per heavy atom. The first-order chi connectivity index (χ1) is 6.57. The number of rotatable bonds is 7. The fourth-order valence-corrected chi connectivity index (χ4v) is 0.748. The minimum atomic E-state index is -0.676. The van der Waals surface area contributed by atoms with Gasteiger partial charge in [0.15, 0.2) is 0 Å². The van der Waals surface area contributed by atoms with Crippen molar-refractivity contribution >= 4 is 5.97 Å². The van der Waals surface area contributed by atoms with Gasteiger partial charge >= 0.3 is 5.97 Å². The summed E-state index contributed by atoms with van der Waals surface area (Å²) in [5.41, 5.74) is 0.336. The number of nitrogens with one attached hydrogen (secondary N) is 1. The zero-order chi connectivity index (χ0) is 11.0. The van der Waals surface area contributed by atoms with Crippen molar-refractivity contribution in [2.75, 3.05) is 19.7 Å². The molecule has 0 saturated carbocycles. The van der Waals surface area contributed by atoms with Gasteiger partial charge in [0.1, 0.15) is 12.7 Å². The Labute approximate surface area is 85.0 Å². The zero-order valence-electron chi connectivity index (χ0n) is 8.58. The third-order valence-electron chi connectivity index (χ3n) is 1.49. The predicted molar refractivity (Wildman–Crippen MR) is 54.6 cm³/mol. The third-order valence-corrected chi connectivity index (χ3v) is 1.49. The standard InChI is InChI=1S/C10H18NO3/c1-4-5-11-6-9(12)7-14-10(13)8(2)3/h9,11-12H,1-2,4-7H2,3H3. The van der Waals surface area contributed by atoms with E-state index in [1.54, 1.807) is 6.92 Å². The number of esters is 1. The highest BCUT2D eigenvalue weighted by atomic mass is 16.5. The van der Waals surface area contributed by atoms with Crippen LogP contribution in [0, 0.1) is 6.92 Å². The Morgan fingerprint density at radius 2 is 2.29 bits per heavy atom. The summed E-state index contributed by atoms with van der Waals surface area (Å²) in [5.74, 6) is -0.471. The van der Waals surface area contributed by atoms with Gasteiger partial charge in [0.05, 0.1) is 0 Å². The van der Waals surface area contributed by atoms with Crippen molar-refractivity contribution in [3.63, 3.8) is 0 Å². The number of carbonyl (C=O) groups is 1. The number of carbonyl (C=O) groups excluding carboxylic acids is 1. The second-order valence-electron chi connectivity index (χ2n) is 3.09. The average molecular weight is 200 g/mol. The van der Waals surface area contributed by atoms with Crippen molar-refractivity contribution in [3.05, 3.63) is 19.1 Å². The van der Waals surface area contributed by atoms with E-state index in [4.69, 9.17) is 4.74 Å². The van der Waals surface area contributed by atoms with Crippen LogP contribution >= 0.6 is 0 Å². The lowest BCUT2D eigenvalue weighted by atomic mass is 10.3. The summed E-state index contributed by atoms with van der Waals surface area (Å²) >= 11 is 0. The lowest BCUT2D eigenvalue weighted by Crippen LogP contribution is -2.31. The number of hydrogen-bond donors (Lipinski definition) is 2. The first kappa shape index (κ1) is 13.1. The topological polar surface area (TPSA) is 58.6 Å². The van der Waals surface area contributed by atoms with Crippen LogP contribution in [-0.4, -0.2) is 36.9 Å². The zero-order valence-corrected chi connectivity index (χ0v) is 8.58. The average Bonchev–Trinajstić information content (AvgIpc) is 2.14. The summed E-state index contributed by atoms with van der Waals surface area (Å²) in [6.45, 7) is 9.77. The van der Waals surface area contributed by atoms with Gasteiger partial charge in [-0.1, -0.05) is 13.5 Å². The van der Waals surface area contributed by atoms with E-state index in [9.17, 15) is 9.90 Å². The van der Waals surface area contributed by atoms with Gasteiger partial charge in [0, 0.05) is 12.1 Å². The van der Waals surface area contributed by atoms with Gasteiger partial charge in [0.2, 0.25) is 0 Å². The van der Waals surface area contributed by atoms with Crippen LogP contribution in [0.1, 0.15) is 13.3 Å². The molecule has 1 unspecified atom stereocenters. The van der Waals surface area contributed by atoms with Crippen LogP contribution < -0.4 is 5.32 Å². The Hall–Kier alpha value is -0.870. The van der Waals surface area contributed by atoms with E-state index in [1.807, 2.05) is 0 Å². The minimum Gasteiger partial charge on any atom is -0.460 e. The van der Waals surface area contributed by atoms with Crippen LogP contribution in [0.25, 0.3) is 0 Å². The molecule has 0 fully saturated rings. The summed E-state index contributed by atoms with van der Waals surface area (Å²) in [7, 11) is 0. The summed E-state index contributed by atoms with van der Waals surface area (Å²) < 4.78 is 4.75. The highest BCUT2D eigenvalue weighted by Crippen LogP contribution is 1.93. The number of hydrogen-bond acceptors (Lipinski definition) is 4. The van der Waals surface area contributed by atoms with Crippen LogP contribution in [0.4, 0.5) is 0 Å². The highest BCUT2D eigenvalue weighted by molar-refractivity contribution is 5.86. The van der Waals surface area contributed by atoms with Crippen molar-refractivity contribution in [1.82, 2.24) is 5.32 Å². The van der Waals surface area contributed by atoms with E-state index >= 15 is 0 Å². The highest BCUT2D eigenvalue weighted by Gasteiger charge is 2.08. The summed E-state index contributed by atoms with van der Waals surface area (Å²) in [5, 5.41) is 12.3. The molecule has 0 heterocycles. The molecular weight excluding hydrogens is 182 g/mol. The fraction of sp³-hybridized carbons (Fsp3) is 0.600. The summed E-state index contributed by atoms with van der Waals surface area (Å²) in [4.78, 5) is 10.9. The molecule has 0 amide bonds. The largest absolute Gasteiger partial charge is 0.460 e. The Bertz CT molecular complexity index is 192. The Morgan fingerprint density at radius 3 is 2.79 bits per heavy atom. The van der Waals surface area contributed by atoms with Gasteiger partial charge in [-0.2, -0.15) is 0 Å². The second-order valence-corrected chi connectivity index (χ2v) is 3.09. The molecule has 0 rings (SSSR count). The molecule has 1 atom stereocenters. The molecule has 0 saturated heterocycles. The van der Waals surface area contributed by atoms with Crippen LogP contribution in [0.5, 0.6) is 0 Å². The third kappa shape index (κ3) is 6.62. The minimum absolute atomic E-state index is 0.00413. The molecule has 0 aliphatic carbocycles. The fourth-order valence-electron chi connectivity index (χ4n) is 0.748. The van der Waals surface area contributed by atoms with Crippen molar-refractivity contribution in [3.8, 4) is 0 Å². The van der Waals surface area contributed by atoms with E-state index in [1.165, 1.54) is 0 Å². The molecular formula is C10H18NO3. The maximum atomic E-state index is 10.9. The first-order valence-corrected chi connectivity index (χ1v) is 4.58. The Kier molecular flexibility index (Phi) is 7.06. The second kappa shape index (κ2) is 7.53. The van der Waals surface area contributed by atoms with Crippen LogP contribution in [0.2, 0.25) is 0 Å².